The van der Waals surface area contributed by atoms with E-state index < -0.39 is 6.10 Å². The van der Waals surface area contributed by atoms with E-state index in [9.17, 15) is 15.2 Å². The van der Waals surface area contributed by atoms with Crippen molar-refractivity contribution in [3.8, 4) is 28.3 Å². The first-order valence-corrected chi connectivity index (χ1v) is 11.8. The summed E-state index contributed by atoms with van der Waals surface area (Å²) in [6.07, 6.45) is 9.65. The number of piperazine rings is 1. The highest BCUT2D eigenvalue weighted by Gasteiger charge is 2.28. The van der Waals surface area contributed by atoms with Crippen molar-refractivity contribution >= 4 is 17.4 Å². The number of amides is 1. The molecule has 0 aromatic carbocycles. The van der Waals surface area contributed by atoms with Gasteiger partial charge in [0.1, 0.15) is 12.2 Å². The Hall–Kier alpha value is -4.30. The molecule has 1 N–H and O–H groups in total. The summed E-state index contributed by atoms with van der Waals surface area (Å²) in [5.74, 6) is 0.225. The van der Waals surface area contributed by atoms with E-state index in [2.05, 4.69) is 26.2 Å². The highest BCUT2D eigenvalue weighted by molar-refractivity contribution is 5.87. The fourth-order valence-corrected chi connectivity index (χ4v) is 4.37. The third-order valence-corrected chi connectivity index (χ3v) is 6.48. The second-order valence-corrected chi connectivity index (χ2v) is 9.28. The van der Waals surface area contributed by atoms with E-state index >= 15 is 0 Å². The molecular weight excluding hydrogens is 458 g/mol. The lowest BCUT2D eigenvalue weighted by atomic mass is 10.0. The maximum absolute atomic E-state index is 12.4. The third kappa shape index (κ3) is 4.27. The number of pyridine rings is 1. The van der Waals surface area contributed by atoms with Crippen LogP contribution in [-0.2, 0) is 11.8 Å². The predicted molar refractivity (Wildman–Crippen MR) is 133 cm³/mol. The summed E-state index contributed by atoms with van der Waals surface area (Å²) in [4.78, 5) is 25.4. The third-order valence-electron chi connectivity index (χ3n) is 6.48. The number of nitrogens with zero attached hydrogens (tertiary/aromatic N) is 9. The van der Waals surface area contributed by atoms with E-state index in [1.807, 2.05) is 44.3 Å². The largest absolute Gasteiger partial charge is 0.383 e. The summed E-state index contributed by atoms with van der Waals surface area (Å²) in [5.41, 5.74) is 4.57. The molecule has 0 saturated carbocycles. The summed E-state index contributed by atoms with van der Waals surface area (Å²) in [6.45, 7) is 5.83. The molecule has 4 aromatic heterocycles. The first kappa shape index (κ1) is 23.4. The highest BCUT2D eigenvalue weighted by atomic mass is 16.3. The number of aliphatic hydroxyl groups is 1. The fraction of sp³-hybridized carbons (Fsp3) is 0.360. The lowest BCUT2D eigenvalue weighted by molar-refractivity contribution is -0.142. The predicted octanol–water partition coefficient (Wildman–Crippen LogP) is 1.73. The molecule has 1 saturated heterocycles. The second-order valence-electron chi connectivity index (χ2n) is 9.28. The monoisotopic (exact) mass is 485 g/mol. The van der Waals surface area contributed by atoms with Crippen molar-refractivity contribution in [1.29, 1.82) is 5.26 Å². The van der Waals surface area contributed by atoms with E-state index in [-0.39, 0.29) is 11.8 Å². The molecule has 4 aromatic rings. The van der Waals surface area contributed by atoms with Gasteiger partial charge in [0.05, 0.1) is 23.5 Å². The van der Waals surface area contributed by atoms with Gasteiger partial charge in [-0.15, -0.1) is 0 Å². The molecule has 184 valence electrons. The molecule has 11 nitrogen and oxygen atoms in total. The van der Waals surface area contributed by atoms with E-state index in [0.717, 1.165) is 22.3 Å². The Balaban J connectivity index is 1.41. The number of rotatable bonds is 5. The van der Waals surface area contributed by atoms with Gasteiger partial charge in [-0.25, -0.2) is 14.5 Å². The number of carbonyl (C=O) groups is 1. The number of hydrogen-bond donors (Lipinski definition) is 1. The van der Waals surface area contributed by atoms with Crippen molar-refractivity contribution in [3.05, 3.63) is 48.8 Å². The zero-order chi connectivity index (χ0) is 25.4. The van der Waals surface area contributed by atoms with Crippen LogP contribution in [0.3, 0.4) is 0 Å². The van der Waals surface area contributed by atoms with Crippen LogP contribution in [0.25, 0.3) is 27.8 Å². The maximum Gasteiger partial charge on any atom is 0.251 e. The topological polar surface area (TPSA) is 128 Å². The molecule has 1 aliphatic heterocycles. The quantitative estimate of drug-likeness (QED) is 0.453. The minimum atomic E-state index is -0.979. The summed E-state index contributed by atoms with van der Waals surface area (Å²) >= 11 is 0. The van der Waals surface area contributed by atoms with Crippen molar-refractivity contribution in [2.75, 3.05) is 31.1 Å². The van der Waals surface area contributed by atoms with Crippen LogP contribution in [0.5, 0.6) is 0 Å². The van der Waals surface area contributed by atoms with Gasteiger partial charge in [0.25, 0.3) is 5.91 Å². The van der Waals surface area contributed by atoms with Crippen LogP contribution < -0.4 is 4.90 Å². The standard InChI is InChI=1S/C25H27N9O2/c1-16(2)23(35)24(36)32-4-6-33(7-5-32)25-27-10-19(11-28-25)21-8-17(20-13-29-31(3)14-20)15-34-22(21)18(9-26)12-30-34/h8,10-16,23,35H,4-7H2,1-3H3/t23-/m1/s1. The van der Waals surface area contributed by atoms with Gasteiger partial charge in [-0.3, -0.25) is 9.48 Å². The molecule has 36 heavy (non-hydrogen) atoms. The number of aliphatic hydroxyl groups excluding tert-OH is 1. The normalized spacial score (nSPS) is 14.9. The summed E-state index contributed by atoms with van der Waals surface area (Å²) in [6, 6.07) is 4.21. The number of aryl methyl sites for hydroxylation is 1. The minimum Gasteiger partial charge on any atom is -0.383 e. The van der Waals surface area contributed by atoms with Gasteiger partial charge in [0, 0.05) is 80.3 Å². The molecule has 11 heteroatoms. The summed E-state index contributed by atoms with van der Waals surface area (Å²) in [7, 11) is 1.86. The number of anilines is 1. The van der Waals surface area contributed by atoms with Gasteiger partial charge in [0.15, 0.2) is 0 Å². The zero-order valence-corrected chi connectivity index (χ0v) is 20.4. The molecule has 0 radical (unpaired) electrons. The van der Waals surface area contributed by atoms with Gasteiger partial charge < -0.3 is 14.9 Å². The van der Waals surface area contributed by atoms with Gasteiger partial charge in [-0.1, -0.05) is 13.8 Å². The number of hydrogen-bond acceptors (Lipinski definition) is 8. The zero-order valence-electron chi connectivity index (χ0n) is 20.4. The Kier molecular flexibility index (Phi) is 6.12. The number of nitriles is 1. The molecule has 0 unspecified atom stereocenters. The van der Waals surface area contributed by atoms with Crippen molar-refractivity contribution in [2.45, 2.75) is 20.0 Å². The van der Waals surface area contributed by atoms with E-state index in [1.54, 1.807) is 38.9 Å². The Morgan fingerprint density at radius 1 is 1.00 bits per heavy atom. The highest BCUT2D eigenvalue weighted by Crippen LogP contribution is 2.31. The van der Waals surface area contributed by atoms with Gasteiger partial charge in [-0.2, -0.15) is 15.5 Å². The van der Waals surface area contributed by atoms with Gasteiger partial charge in [0.2, 0.25) is 5.95 Å². The van der Waals surface area contributed by atoms with E-state index in [4.69, 9.17) is 0 Å². The molecule has 5 heterocycles. The maximum atomic E-state index is 12.4. The van der Waals surface area contributed by atoms with E-state index in [1.165, 1.54) is 0 Å². The lowest BCUT2D eigenvalue weighted by Crippen LogP contribution is -2.52. The average molecular weight is 486 g/mol. The fourth-order valence-electron chi connectivity index (χ4n) is 4.37. The first-order valence-electron chi connectivity index (χ1n) is 11.8. The minimum absolute atomic E-state index is 0.119. The van der Waals surface area contributed by atoms with Crippen LogP contribution in [0.2, 0.25) is 0 Å². The molecule has 0 spiro atoms. The number of fused-ring (bicyclic) bond motifs is 1. The first-order chi connectivity index (χ1) is 17.4. The van der Waals surface area contributed by atoms with Crippen molar-refractivity contribution in [1.82, 2.24) is 34.3 Å². The number of carbonyl (C=O) groups excluding carboxylic acids is 1. The molecule has 1 atom stereocenters. The molecule has 5 rings (SSSR count). The molecule has 1 fully saturated rings. The SMILES string of the molecule is CC(C)[C@@H](O)C(=O)N1CCN(c2ncc(-c3cc(-c4cnn(C)c4)cn4ncc(C#N)c34)cn2)CC1. The van der Waals surface area contributed by atoms with Crippen LogP contribution in [0, 0.1) is 17.2 Å². The van der Waals surface area contributed by atoms with Crippen LogP contribution in [0.1, 0.15) is 19.4 Å². The Labute approximate surface area is 208 Å². The second kappa shape index (κ2) is 9.39. The van der Waals surface area contributed by atoms with Gasteiger partial charge in [-0.05, 0) is 12.0 Å². The smallest absolute Gasteiger partial charge is 0.251 e. The summed E-state index contributed by atoms with van der Waals surface area (Å²) in [5, 5.41) is 28.4. The van der Waals surface area contributed by atoms with Crippen LogP contribution in [0.4, 0.5) is 5.95 Å². The van der Waals surface area contributed by atoms with Crippen molar-refractivity contribution in [2.24, 2.45) is 13.0 Å². The summed E-state index contributed by atoms with van der Waals surface area (Å²) < 4.78 is 3.43. The van der Waals surface area contributed by atoms with E-state index in [0.29, 0.717) is 43.2 Å². The Morgan fingerprint density at radius 2 is 1.72 bits per heavy atom. The van der Waals surface area contributed by atoms with Crippen LogP contribution >= 0.6 is 0 Å². The molecule has 0 aliphatic carbocycles. The van der Waals surface area contributed by atoms with Crippen molar-refractivity contribution < 1.29 is 9.90 Å². The van der Waals surface area contributed by atoms with Crippen LogP contribution in [0.15, 0.2) is 43.2 Å². The van der Waals surface area contributed by atoms with Crippen molar-refractivity contribution in [3.63, 3.8) is 0 Å². The molecule has 1 aliphatic rings. The van der Waals surface area contributed by atoms with Crippen LogP contribution in [-0.4, -0.2) is 77.6 Å². The lowest BCUT2D eigenvalue weighted by Gasteiger charge is -2.36. The molecular formula is C25H27N9O2. The molecule has 0 bridgehead atoms. The average Bonchev–Trinajstić information content (AvgIpc) is 3.53. The molecule has 1 amide bonds. The number of aromatic nitrogens is 6. The Bertz CT molecular complexity index is 1440. The Morgan fingerprint density at radius 3 is 2.33 bits per heavy atom. The van der Waals surface area contributed by atoms with Gasteiger partial charge >= 0.3 is 0 Å².